The van der Waals surface area contributed by atoms with E-state index >= 15 is 0 Å². The zero-order valence-electron chi connectivity index (χ0n) is 15.1. The predicted octanol–water partition coefficient (Wildman–Crippen LogP) is 1.67. The molecule has 7 nitrogen and oxygen atoms in total. The van der Waals surface area contributed by atoms with Crippen LogP contribution in [0.15, 0.2) is 36.1 Å². The first-order valence-electron chi connectivity index (χ1n) is 9.30. The van der Waals surface area contributed by atoms with Crippen molar-refractivity contribution in [3.8, 4) is 0 Å². The highest BCUT2D eigenvalue weighted by Crippen LogP contribution is 2.27. The van der Waals surface area contributed by atoms with Crippen molar-refractivity contribution in [3.63, 3.8) is 0 Å². The molecule has 4 heterocycles. The normalized spacial score (nSPS) is 21.6. The summed E-state index contributed by atoms with van der Waals surface area (Å²) in [5.74, 6) is -0.306. The van der Waals surface area contributed by atoms with Crippen LogP contribution in [0.25, 0.3) is 0 Å². The highest BCUT2D eigenvalue weighted by Gasteiger charge is 2.37. The van der Waals surface area contributed by atoms with Crippen LogP contribution in [0.1, 0.15) is 24.8 Å². The lowest BCUT2D eigenvalue weighted by Gasteiger charge is -2.32. The Balaban J connectivity index is 1.24. The summed E-state index contributed by atoms with van der Waals surface area (Å²) in [6.07, 6.45) is 7.50. The molecule has 8 heteroatoms. The Kier molecular flexibility index (Phi) is 5.45. The molecular formula is C19H23N5O2S. The number of nitrogens with one attached hydrogen (secondary N) is 1. The van der Waals surface area contributed by atoms with Gasteiger partial charge < -0.3 is 5.32 Å². The summed E-state index contributed by atoms with van der Waals surface area (Å²) in [7, 11) is 0. The molecule has 0 radical (unpaired) electrons. The summed E-state index contributed by atoms with van der Waals surface area (Å²) in [4.78, 5) is 37.2. The number of hydrogen-bond donors (Lipinski definition) is 1. The maximum atomic E-state index is 12.6. The molecule has 2 aromatic heterocycles. The van der Waals surface area contributed by atoms with E-state index in [2.05, 4.69) is 26.3 Å². The lowest BCUT2D eigenvalue weighted by molar-refractivity contribution is -0.127. The highest BCUT2D eigenvalue weighted by molar-refractivity contribution is 7.13. The van der Waals surface area contributed by atoms with Gasteiger partial charge in [-0.15, -0.1) is 11.3 Å². The van der Waals surface area contributed by atoms with E-state index in [0.29, 0.717) is 11.7 Å². The molecule has 1 unspecified atom stereocenters. The van der Waals surface area contributed by atoms with Crippen LogP contribution in [-0.2, 0) is 16.1 Å². The first-order valence-corrected chi connectivity index (χ1v) is 10.2. The minimum absolute atomic E-state index is 0.00637. The van der Waals surface area contributed by atoms with Crippen molar-refractivity contribution in [2.24, 2.45) is 5.92 Å². The van der Waals surface area contributed by atoms with Gasteiger partial charge in [-0.3, -0.25) is 24.4 Å². The van der Waals surface area contributed by atoms with Crippen LogP contribution in [0.2, 0.25) is 0 Å². The number of thiazole rings is 1. The summed E-state index contributed by atoms with van der Waals surface area (Å²) in [6, 6.07) is 4.23. The number of rotatable bonds is 5. The molecule has 2 fully saturated rings. The van der Waals surface area contributed by atoms with Gasteiger partial charge >= 0.3 is 0 Å². The fraction of sp³-hybridized carbons (Fsp3) is 0.474. The van der Waals surface area contributed by atoms with E-state index in [0.717, 1.165) is 32.5 Å². The van der Waals surface area contributed by atoms with Crippen LogP contribution >= 0.6 is 11.3 Å². The zero-order valence-corrected chi connectivity index (χ0v) is 15.9. The number of piperidine rings is 1. The van der Waals surface area contributed by atoms with Crippen LogP contribution in [0.5, 0.6) is 0 Å². The Morgan fingerprint density at radius 2 is 2.15 bits per heavy atom. The molecule has 0 aromatic carbocycles. The second-order valence-electron chi connectivity index (χ2n) is 7.14. The van der Waals surface area contributed by atoms with Crippen LogP contribution in [0, 0.1) is 5.92 Å². The molecule has 0 aliphatic carbocycles. The molecule has 2 saturated heterocycles. The number of nitrogens with zero attached hydrogens (tertiary/aromatic N) is 4. The summed E-state index contributed by atoms with van der Waals surface area (Å²) in [5, 5.41) is 5.68. The first kappa shape index (κ1) is 18.1. The van der Waals surface area contributed by atoms with Crippen LogP contribution in [-0.4, -0.2) is 52.4 Å². The van der Waals surface area contributed by atoms with E-state index in [1.54, 1.807) is 17.3 Å². The van der Waals surface area contributed by atoms with Gasteiger partial charge in [0, 0.05) is 62.6 Å². The Hall–Kier alpha value is -2.32. The van der Waals surface area contributed by atoms with Gasteiger partial charge in [-0.05, 0) is 24.5 Å². The molecule has 0 spiro atoms. The molecule has 2 aromatic rings. The number of carbonyl (C=O) groups is 2. The molecule has 2 aliphatic heterocycles. The van der Waals surface area contributed by atoms with Crippen molar-refractivity contribution >= 4 is 28.3 Å². The molecule has 1 N–H and O–H groups in total. The third-order valence-corrected chi connectivity index (χ3v) is 6.00. The molecule has 2 aliphatic rings. The van der Waals surface area contributed by atoms with Gasteiger partial charge in [0.1, 0.15) is 0 Å². The van der Waals surface area contributed by atoms with E-state index in [-0.39, 0.29) is 30.2 Å². The Morgan fingerprint density at radius 3 is 2.85 bits per heavy atom. The van der Waals surface area contributed by atoms with Crippen LogP contribution < -0.4 is 10.2 Å². The monoisotopic (exact) mass is 385 g/mol. The van der Waals surface area contributed by atoms with Crippen molar-refractivity contribution in [1.82, 2.24) is 20.2 Å². The third-order valence-electron chi connectivity index (χ3n) is 5.21. The summed E-state index contributed by atoms with van der Waals surface area (Å²) >= 11 is 1.43. The van der Waals surface area contributed by atoms with Gasteiger partial charge in [0.15, 0.2) is 5.13 Å². The standard InChI is InChI=1S/C19H23N5O2S/c25-17-10-15(13-24(17)19-21-6-9-27-19)18(26)22-16-3-7-23(8-4-16)12-14-2-1-5-20-11-14/h1-2,5-6,9,11,15-16H,3-4,7-8,10,12-13H2,(H,22,26). The van der Waals surface area contributed by atoms with Crippen molar-refractivity contribution in [3.05, 3.63) is 41.7 Å². The first-order chi connectivity index (χ1) is 13.2. The molecule has 142 valence electrons. The zero-order chi connectivity index (χ0) is 18.6. The number of amides is 2. The minimum atomic E-state index is -0.283. The predicted molar refractivity (Wildman–Crippen MR) is 103 cm³/mol. The fourth-order valence-electron chi connectivity index (χ4n) is 3.72. The molecule has 2 amide bonds. The van der Waals surface area contributed by atoms with E-state index < -0.39 is 0 Å². The Morgan fingerprint density at radius 1 is 1.30 bits per heavy atom. The largest absolute Gasteiger partial charge is 0.353 e. The van der Waals surface area contributed by atoms with Gasteiger partial charge in [-0.2, -0.15) is 0 Å². The number of pyridine rings is 1. The third kappa shape index (κ3) is 4.33. The average Bonchev–Trinajstić information content (AvgIpc) is 3.34. The maximum absolute atomic E-state index is 12.6. The van der Waals surface area contributed by atoms with E-state index in [4.69, 9.17) is 0 Å². The quantitative estimate of drug-likeness (QED) is 0.847. The van der Waals surface area contributed by atoms with Crippen molar-refractivity contribution in [2.75, 3.05) is 24.5 Å². The summed E-state index contributed by atoms with van der Waals surface area (Å²) < 4.78 is 0. The minimum Gasteiger partial charge on any atom is -0.353 e. The second-order valence-corrected chi connectivity index (χ2v) is 8.01. The Labute approximate surface area is 162 Å². The van der Waals surface area contributed by atoms with E-state index in [9.17, 15) is 9.59 Å². The topological polar surface area (TPSA) is 78.4 Å². The Bertz CT molecular complexity index is 775. The molecule has 0 bridgehead atoms. The number of carbonyl (C=O) groups excluding carboxylic acids is 2. The number of aromatic nitrogens is 2. The molecule has 0 saturated carbocycles. The average molecular weight is 385 g/mol. The number of anilines is 1. The van der Waals surface area contributed by atoms with E-state index in [1.807, 2.05) is 17.6 Å². The second kappa shape index (κ2) is 8.14. The smallest absolute Gasteiger partial charge is 0.229 e. The maximum Gasteiger partial charge on any atom is 0.229 e. The van der Waals surface area contributed by atoms with Gasteiger partial charge in [-0.1, -0.05) is 6.07 Å². The number of likely N-dealkylation sites (tertiary alicyclic amines) is 1. The summed E-state index contributed by atoms with van der Waals surface area (Å²) in [6.45, 7) is 3.23. The fourth-order valence-corrected chi connectivity index (χ4v) is 4.39. The van der Waals surface area contributed by atoms with Gasteiger partial charge in [0.2, 0.25) is 11.8 Å². The lowest BCUT2D eigenvalue weighted by Crippen LogP contribution is -2.46. The SMILES string of the molecule is O=C(NC1CCN(Cc2cccnc2)CC1)C1CC(=O)N(c2nccs2)C1. The molecular weight excluding hydrogens is 362 g/mol. The van der Waals surface area contributed by atoms with E-state index in [1.165, 1.54) is 16.9 Å². The van der Waals surface area contributed by atoms with Crippen LogP contribution in [0.4, 0.5) is 5.13 Å². The highest BCUT2D eigenvalue weighted by atomic mass is 32.1. The van der Waals surface area contributed by atoms with Crippen LogP contribution in [0.3, 0.4) is 0 Å². The summed E-state index contributed by atoms with van der Waals surface area (Å²) in [5.41, 5.74) is 1.21. The van der Waals surface area contributed by atoms with Gasteiger partial charge in [-0.25, -0.2) is 4.98 Å². The molecule has 4 rings (SSSR count). The van der Waals surface area contributed by atoms with Crippen molar-refractivity contribution in [2.45, 2.75) is 31.8 Å². The molecule has 27 heavy (non-hydrogen) atoms. The molecule has 1 atom stereocenters. The van der Waals surface area contributed by atoms with Gasteiger partial charge in [0.05, 0.1) is 5.92 Å². The van der Waals surface area contributed by atoms with Gasteiger partial charge in [0.25, 0.3) is 0 Å². The number of hydrogen-bond acceptors (Lipinski definition) is 6. The van der Waals surface area contributed by atoms with Crippen molar-refractivity contribution < 1.29 is 9.59 Å². The van der Waals surface area contributed by atoms with Crippen molar-refractivity contribution in [1.29, 1.82) is 0 Å². The lowest BCUT2D eigenvalue weighted by atomic mass is 10.0.